The first-order valence-corrected chi connectivity index (χ1v) is 5.92. The van der Waals surface area contributed by atoms with Crippen LogP contribution in [0.25, 0.3) is 0 Å². The molecular weight excluding hydrogens is 190 g/mol. The molecule has 0 amide bonds. The molecule has 90 valence electrons. The van der Waals surface area contributed by atoms with E-state index >= 15 is 0 Å². The zero-order chi connectivity index (χ0) is 11.9. The first kappa shape index (κ1) is 14.4. The molecule has 0 aliphatic heterocycles. The Labute approximate surface area is 93.4 Å². The van der Waals surface area contributed by atoms with Gasteiger partial charge in [-0.1, -0.05) is 27.7 Å². The maximum atomic E-state index is 11.6. The molecule has 0 rings (SSSR count). The van der Waals surface area contributed by atoms with Crippen LogP contribution in [0.1, 0.15) is 53.4 Å². The zero-order valence-electron chi connectivity index (χ0n) is 10.5. The Balaban J connectivity index is 3.82. The van der Waals surface area contributed by atoms with Crippen molar-refractivity contribution >= 4 is 5.97 Å². The number of carbonyl (C=O) groups excluding carboxylic acids is 1. The summed E-state index contributed by atoms with van der Waals surface area (Å²) >= 11 is 0. The molecule has 3 heteroatoms. The molecule has 0 fully saturated rings. The molecule has 0 unspecified atom stereocenters. The first-order valence-electron chi connectivity index (χ1n) is 5.92. The van der Waals surface area contributed by atoms with Gasteiger partial charge in [0.1, 0.15) is 5.54 Å². The van der Waals surface area contributed by atoms with E-state index in [0.29, 0.717) is 25.4 Å². The Kier molecular flexibility index (Phi) is 6.57. The van der Waals surface area contributed by atoms with Gasteiger partial charge >= 0.3 is 5.97 Å². The lowest BCUT2D eigenvalue weighted by atomic mass is 9.95. The lowest BCUT2D eigenvalue weighted by Gasteiger charge is -2.24. The van der Waals surface area contributed by atoms with Crippen molar-refractivity contribution < 1.29 is 9.53 Å². The summed E-state index contributed by atoms with van der Waals surface area (Å²) in [4.78, 5) is 11.6. The van der Waals surface area contributed by atoms with E-state index in [9.17, 15) is 4.79 Å². The number of carbonyl (C=O) groups is 1. The minimum atomic E-state index is -0.780. The van der Waals surface area contributed by atoms with Crippen LogP contribution in [0.15, 0.2) is 0 Å². The van der Waals surface area contributed by atoms with Gasteiger partial charge in [-0.15, -0.1) is 0 Å². The van der Waals surface area contributed by atoms with Crippen LogP contribution in [0, 0.1) is 5.92 Å². The van der Waals surface area contributed by atoms with E-state index in [1.165, 1.54) is 0 Å². The third-order valence-corrected chi connectivity index (χ3v) is 2.83. The Hall–Kier alpha value is -0.570. The van der Waals surface area contributed by atoms with Gasteiger partial charge in [0.25, 0.3) is 0 Å². The Morgan fingerprint density at radius 3 is 2.27 bits per heavy atom. The summed E-state index contributed by atoms with van der Waals surface area (Å²) in [7, 11) is 0. The van der Waals surface area contributed by atoms with Gasteiger partial charge in [-0.2, -0.15) is 0 Å². The molecule has 0 aliphatic carbocycles. The monoisotopic (exact) mass is 215 g/mol. The highest BCUT2D eigenvalue weighted by atomic mass is 16.5. The number of rotatable bonds is 7. The maximum absolute atomic E-state index is 11.6. The van der Waals surface area contributed by atoms with Crippen molar-refractivity contribution in [3.05, 3.63) is 0 Å². The van der Waals surface area contributed by atoms with Crippen LogP contribution in [0.2, 0.25) is 0 Å². The van der Waals surface area contributed by atoms with E-state index in [1.807, 2.05) is 13.8 Å². The van der Waals surface area contributed by atoms with Crippen molar-refractivity contribution in [2.75, 3.05) is 6.61 Å². The van der Waals surface area contributed by atoms with Crippen LogP contribution in [0.3, 0.4) is 0 Å². The van der Waals surface area contributed by atoms with E-state index < -0.39 is 5.54 Å². The number of ether oxygens (including phenoxy) is 1. The second kappa shape index (κ2) is 6.83. The van der Waals surface area contributed by atoms with Gasteiger partial charge in [0.2, 0.25) is 0 Å². The topological polar surface area (TPSA) is 52.3 Å². The Morgan fingerprint density at radius 2 is 1.87 bits per heavy atom. The molecular formula is C12H25NO2. The summed E-state index contributed by atoms with van der Waals surface area (Å²) in [5.41, 5.74) is 5.13. The summed E-state index contributed by atoms with van der Waals surface area (Å²) in [6, 6.07) is 0. The van der Waals surface area contributed by atoms with Gasteiger partial charge < -0.3 is 10.5 Å². The van der Waals surface area contributed by atoms with Crippen LogP contribution < -0.4 is 5.73 Å². The quantitative estimate of drug-likeness (QED) is 0.524. The van der Waals surface area contributed by atoms with Gasteiger partial charge in [0.15, 0.2) is 0 Å². The number of nitrogens with two attached hydrogens (primary N) is 1. The molecule has 0 radical (unpaired) electrons. The van der Waals surface area contributed by atoms with Crippen molar-refractivity contribution in [1.29, 1.82) is 0 Å². The molecule has 0 aromatic heterocycles. The standard InChI is InChI=1S/C12H25NO2/c1-5-12(13,6-2)11(14)15-9-7-8-10(3)4/h10H,5-9,13H2,1-4H3. The molecule has 0 saturated carbocycles. The van der Waals surface area contributed by atoms with Crippen LogP contribution in [0.5, 0.6) is 0 Å². The zero-order valence-corrected chi connectivity index (χ0v) is 10.5. The van der Waals surface area contributed by atoms with Gasteiger partial charge in [0.05, 0.1) is 6.61 Å². The molecule has 0 aromatic carbocycles. The third-order valence-electron chi connectivity index (χ3n) is 2.83. The van der Waals surface area contributed by atoms with Gasteiger partial charge in [-0.3, -0.25) is 4.79 Å². The average molecular weight is 215 g/mol. The lowest BCUT2D eigenvalue weighted by Crippen LogP contribution is -2.48. The van der Waals surface area contributed by atoms with Crippen molar-refractivity contribution in [3.63, 3.8) is 0 Å². The van der Waals surface area contributed by atoms with E-state index in [1.54, 1.807) is 0 Å². The summed E-state index contributed by atoms with van der Waals surface area (Å²) in [5.74, 6) is 0.403. The summed E-state index contributed by atoms with van der Waals surface area (Å²) < 4.78 is 5.18. The van der Waals surface area contributed by atoms with Gasteiger partial charge in [-0.05, 0) is 31.6 Å². The van der Waals surface area contributed by atoms with Crippen molar-refractivity contribution in [2.24, 2.45) is 11.7 Å². The third kappa shape index (κ3) is 5.17. The van der Waals surface area contributed by atoms with Crippen molar-refractivity contribution in [1.82, 2.24) is 0 Å². The Bertz CT molecular complexity index is 186. The van der Waals surface area contributed by atoms with E-state index in [4.69, 9.17) is 10.5 Å². The highest BCUT2D eigenvalue weighted by Gasteiger charge is 2.31. The number of hydrogen-bond donors (Lipinski definition) is 1. The summed E-state index contributed by atoms with van der Waals surface area (Å²) in [6.07, 6.45) is 3.27. The smallest absolute Gasteiger partial charge is 0.326 e. The minimum Gasteiger partial charge on any atom is -0.464 e. The predicted octanol–water partition coefficient (Wildman–Crippen LogP) is 2.48. The molecule has 0 aromatic rings. The molecule has 15 heavy (non-hydrogen) atoms. The maximum Gasteiger partial charge on any atom is 0.326 e. The number of hydrogen-bond acceptors (Lipinski definition) is 3. The fourth-order valence-corrected chi connectivity index (χ4v) is 1.34. The summed E-state index contributed by atoms with van der Waals surface area (Å²) in [5, 5.41) is 0. The van der Waals surface area contributed by atoms with E-state index in [-0.39, 0.29) is 5.97 Å². The molecule has 0 saturated heterocycles. The van der Waals surface area contributed by atoms with Crippen LogP contribution in [-0.2, 0) is 9.53 Å². The Morgan fingerprint density at radius 1 is 1.33 bits per heavy atom. The molecule has 0 aliphatic rings. The minimum absolute atomic E-state index is 0.253. The fourth-order valence-electron chi connectivity index (χ4n) is 1.34. The second-order valence-corrected chi connectivity index (χ2v) is 4.54. The highest BCUT2D eigenvalue weighted by Crippen LogP contribution is 2.14. The molecule has 2 N–H and O–H groups in total. The van der Waals surface area contributed by atoms with Gasteiger partial charge in [0, 0.05) is 0 Å². The van der Waals surface area contributed by atoms with Gasteiger partial charge in [-0.25, -0.2) is 0 Å². The van der Waals surface area contributed by atoms with Crippen molar-refractivity contribution in [2.45, 2.75) is 58.9 Å². The normalized spacial score (nSPS) is 11.9. The fraction of sp³-hybridized carbons (Fsp3) is 0.917. The molecule has 0 bridgehead atoms. The summed E-state index contributed by atoms with van der Waals surface area (Å²) in [6.45, 7) is 8.65. The number of esters is 1. The van der Waals surface area contributed by atoms with E-state index in [2.05, 4.69) is 13.8 Å². The molecule has 0 heterocycles. The highest BCUT2D eigenvalue weighted by molar-refractivity contribution is 5.80. The molecule has 0 spiro atoms. The second-order valence-electron chi connectivity index (χ2n) is 4.54. The van der Waals surface area contributed by atoms with Crippen LogP contribution in [-0.4, -0.2) is 18.1 Å². The average Bonchev–Trinajstić information content (AvgIpc) is 2.22. The predicted molar refractivity (Wildman–Crippen MR) is 62.5 cm³/mol. The SMILES string of the molecule is CCC(N)(CC)C(=O)OCCCC(C)C. The van der Waals surface area contributed by atoms with E-state index in [0.717, 1.165) is 12.8 Å². The molecule has 3 nitrogen and oxygen atoms in total. The van der Waals surface area contributed by atoms with Crippen LogP contribution >= 0.6 is 0 Å². The lowest BCUT2D eigenvalue weighted by molar-refractivity contribution is -0.150. The van der Waals surface area contributed by atoms with Crippen LogP contribution in [0.4, 0.5) is 0 Å². The largest absolute Gasteiger partial charge is 0.464 e. The first-order chi connectivity index (χ1) is 6.96. The molecule has 0 atom stereocenters. The van der Waals surface area contributed by atoms with Crippen molar-refractivity contribution in [3.8, 4) is 0 Å².